The Labute approximate surface area is 166 Å². The van der Waals surface area contributed by atoms with Gasteiger partial charge in [0.15, 0.2) is 11.6 Å². The number of rotatable bonds is 3. The second-order valence-corrected chi connectivity index (χ2v) is 7.18. The van der Waals surface area contributed by atoms with E-state index in [4.69, 9.17) is 0 Å². The third kappa shape index (κ3) is 2.88. The van der Waals surface area contributed by atoms with Crippen LogP contribution in [-0.2, 0) is 22.7 Å². The Bertz CT molecular complexity index is 1110. The quantitative estimate of drug-likeness (QED) is 0.693. The van der Waals surface area contributed by atoms with Crippen LogP contribution in [0.15, 0.2) is 48.5 Å². The summed E-state index contributed by atoms with van der Waals surface area (Å²) in [6.07, 6.45) is 0. The zero-order chi connectivity index (χ0) is 20.0. The predicted molar refractivity (Wildman–Crippen MR) is 104 cm³/mol. The van der Waals surface area contributed by atoms with Gasteiger partial charge in [-0.2, -0.15) is 0 Å². The Morgan fingerprint density at radius 3 is 2.69 bits per heavy atom. The SMILES string of the molecule is O=C(C(=O)N1CCn2c(nnc2-c2ccccc2)C1)C1CNc2cccc(F)c21. The highest BCUT2D eigenvalue weighted by molar-refractivity contribution is 6.38. The molecule has 2 aliphatic heterocycles. The summed E-state index contributed by atoms with van der Waals surface area (Å²) in [7, 11) is 0. The molecule has 2 aromatic carbocycles. The zero-order valence-electron chi connectivity index (χ0n) is 15.5. The fourth-order valence-electron chi connectivity index (χ4n) is 4.02. The van der Waals surface area contributed by atoms with Crippen LogP contribution in [0.2, 0.25) is 0 Å². The highest BCUT2D eigenvalue weighted by Crippen LogP contribution is 2.34. The molecule has 1 aromatic heterocycles. The molecule has 3 aromatic rings. The van der Waals surface area contributed by atoms with Gasteiger partial charge in [-0.05, 0) is 12.1 Å². The van der Waals surface area contributed by atoms with Gasteiger partial charge in [0.25, 0.3) is 5.91 Å². The highest BCUT2D eigenvalue weighted by atomic mass is 19.1. The molecule has 8 heteroatoms. The van der Waals surface area contributed by atoms with Crippen LogP contribution in [0.5, 0.6) is 0 Å². The van der Waals surface area contributed by atoms with E-state index in [2.05, 4.69) is 15.5 Å². The number of nitrogens with one attached hydrogen (secondary N) is 1. The molecule has 146 valence electrons. The number of amides is 1. The first-order valence-corrected chi connectivity index (χ1v) is 9.46. The lowest BCUT2D eigenvalue weighted by Gasteiger charge is -2.28. The number of anilines is 1. The first-order valence-electron chi connectivity index (χ1n) is 9.46. The molecule has 0 saturated heterocycles. The van der Waals surface area contributed by atoms with Crippen LogP contribution in [0.25, 0.3) is 11.4 Å². The van der Waals surface area contributed by atoms with Gasteiger partial charge in [0, 0.05) is 36.4 Å². The van der Waals surface area contributed by atoms with Crippen molar-refractivity contribution in [1.82, 2.24) is 19.7 Å². The molecule has 29 heavy (non-hydrogen) atoms. The maximum Gasteiger partial charge on any atom is 0.291 e. The van der Waals surface area contributed by atoms with Gasteiger partial charge in [0.2, 0.25) is 5.78 Å². The zero-order valence-corrected chi connectivity index (χ0v) is 15.5. The summed E-state index contributed by atoms with van der Waals surface area (Å²) >= 11 is 0. The Kier molecular flexibility index (Phi) is 4.12. The van der Waals surface area contributed by atoms with E-state index < -0.39 is 23.4 Å². The van der Waals surface area contributed by atoms with E-state index in [1.807, 2.05) is 34.9 Å². The third-order valence-corrected chi connectivity index (χ3v) is 5.50. The van der Waals surface area contributed by atoms with Crippen LogP contribution in [0.3, 0.4) is 0 Å². The molecular weight excluding hydrogens is 373 g/mol. The molecule has 2 aliphatic rings. The number of hydrogen-bond acceptors (Lipinski definition) is 5. The summed E-state index contributed by atoms with van der Waals surface area (Å²) in [5.74, 6) is -1.11. The predicted octanol–water partition coefficient (Wildman–Crippen LogP) is 2.20. The number of halogens is 1. The molecule has 0 saturated carbocycles. The monoisotopic (exact) mass is 391 g/mol. The fraction of sp³-hybridized carbons (Fsp3) is 0.238. The van der Waals surface area contributed by atoms with Crippen molar-refractivity contribution >= 4 is 17.4 Å². The van der Waals surface area contributed by atoms with Gasteiger partial charge in [-0.3, -0.25) is 9.59 Å². The standard InChI is InChI=1S/C21H18FN5O2/c22-15-7-4-8-16-18(15)14(11-23-16)19(28)21(29)26-9-10-27-17(12-26)24-25-20(27)13-5-2-1-3-6-13/h1-8,14,23H,9-12H2. The largest absolute Gasteiger partial charge is 0.384 e. The molecule has 0 bridgehead atoms. The molecule has 1 amide bonds. The lowest BCUT2D eigenvalue weighted by molar-refractivity contribution is -0.146. The van der Waals surface area contributed by atoms with Crippen molar-refractivity contribution in [3.05, 3.63) is 65.7 Å². The number of aromatic nitrogens is 3. The minimum atomic E-state index is -0.807. The molecule has 1 atom stereocenters. The summed E-state index contributed by atoms with van der Waals surface area (Å²) in [5, 5.41) is 11.5. The summed E-state index contributed by atoms with van der Waals surface area (Å²) in [6.45, 7) is 1.30. The third-order valence-electron chi connectivity index (χ3n) is 5.50. The minimum Gasteiger partial charge on any atom is -0.384 e. The fourth-order valence-corrected chi connectivity index (χ4v) is 4.02. The highest BCUT2D eigenvalue weighted by Gasteiger charge is 2.38. The van der Waals surface area contributed by atoms with Crippen LogP contribution in [0.1, 0.15) is 17.3 Å². The molecule has 7 nitrogen and oxygen atoms in total. The van der Waals surface area contributed by atoms with Crippen molar-refractivity contribution in [2.45, 2.75) is 19.0 Å². The number of benzene rings is 2. The van der Waals surface area contributed by atoms with E-state index in [-0.39, 0.29) is 18.7 Å². The molecule has 0 aliphatic carbocycles. The maximum atomic E-state index is 14.2. The number of hydrogen-bond donors (Lipinski definition) is 1. The van der Waals surface area contributed by atoms with Crippen LogP contribution in [0.4, 0.5) is 10.1 Å². The van der Waals surface area contributed by atoms with Crippen molar-refractivity contribution in [1.29, 1.82) is 0 Å². The van der Waals surface area contributed by atoms with Crippen molar-refractivity contribution in [2.24, 2.45) is 0 Å². The topological polar surface area (TPSA) is 80.1 Å². The average Bonchev–Trinajstić information content (AvgIpc) is 3.38. The van der Waals surface area contributed by atoms with E-state index in [0.29, 0.717) is 24.6 Å². The van der Waals surface area contributed by atoms with Gasteiger partial charge in [0.05, 0.1) is 12.5 Å². The first kappa shape index (κ1) is 17.5. The van der Waals surface area contributed by atoms with E-state index in [0.717, 1.165) is 11.4 Å². The normalized spacial score (nSPS) is 17.4. The second kappa shape index (κ2) is 6.80. The lowest BCUT2D eigenvalue weighted by Crippen LogP contribution is -2.43. The maximum absolute atomic E-state index is 14.2. The number of Topliss-reactive ketones (excluding diaryl/α,β-unsaturated/α-hetero) is 1. The minimum absolute atomic E-state index is 0.203. The Balaban J connectivity index is 1.36. The van der Waals surface area contributed by atoms with E-state index in [1.165, 1.54) is 11.0 Å². The van der Waals surface area contributed by atoms with Gasteiger partial charge in [-0.25, -0.2) is 4.39 Å². The van der Waals surface area contributed by atoms with Crippen LogP contribution in [0, 0.1) is 5.82 Å². The van der Waals surface area contributed by atoms with Crippen molar-refractivity contribution < 1.29 is 14.0 Å². The molecular formula is C21H18FN5O2. The van der Waals surface area contributed by atoms with Crippen molar-refractivity contribution in [3.63, 3.8) is 0 Å². The summed E-state index contributed by atoms with van der Waals surface area (Å²) < 4.78 is 16.2. The molecule has 1 N–H and O–H groups in total. The summed E-state index contributed by atoms with van der Waals surface area (Å²) in [4.78, 5) is 27.2. The van der Waals surface area contributed by atoms with E-state index in [1.54, 1.807) is 12.1 Å². The second-order valence-electron chi connectivity index (χ2n) is 7.18. The van der Waals surface area contributed by atoms with Gasteiger partial charge in [-0.15, -0.1) is 10.2 Å². The number of fused-ring (bicyclic) bond motifs is 2. The van der Waals surface area contributed by atoms with Crippen LogP contribution in [-0.4, -0.2) is 44.4 Å². The van der Waals surface area contributed by atoms with Gasteiger partial charge in [-0.1, -0.05) is 36.4 Å². The number of carbonyl (C=O) groups is 2. The number of carbonyl (C=O) groups excluding carboxylic acids is 2. The number of nitrogens with zero attached hydrogens (tertiary/aromatic N) is 4. The molecule has 3 heterocycles. The smallest absolute Gasteiger partial charge is 0.291 e. The van der Waals surface area contributed by atoms with Gasteiger partial charge < -0.3 is 14.8 Å². The summed E-state index contributed by atoms with van der Waals surface area (Å²) in [6, 6.07) is 14.3. The van der Waals surface area contributed by atoms with Crippen LogP contribution < -0.4 is 5.32 Å². The Hall–Kier alpha value is -3.55. The Morgan fingerprint density at radius 1 is 1.03 bits per heavy atom. The molecule has 1 unspecified atom stereocenters. The van der Waals surface area contributed by atoms with E-state index in [9.17, 15) is 14.0 Å². The van der Waals surface area contributed by atoms with Crippen LogP contribution >= 0.6 is 0 Å². The molecule has 5 rings (SSSR count). The van der Waals surface area contributed by atoms with Crippen molar-refractivity contribution in [2.75, 3.05) is 18.4 Å². The van der Waals surface area contributed by atoms with Crippen molar-refractivity contribution in [3.8, 4) is 11.4 Å². The first-order chi connectivity index (χ1) is 14.1. The summed E-state index contributed by atoms with van der Waals surface area (Å²) in [5.41, 5.74) is 1.80. The number of ketones is 1. The molecule has 0 spiro atoms. The van der Waals surface area contributed by atoms with Gasteiger partial charge in [0.1, 0.15) is 5.82 Å². The van der Waals surface area contributed by atoms with Gasteiger partial charge >= 0.3 is 0 Å². The molecule has 0 fully saturated rings. The van der Waals surface area contributed by atoms with E-state index >= 15 is 0 Å². The molecule has 0 radical (unpaired) electrons. The average molecular weight is 391 g/mol. The lowest BCUT2D eigenvalue weighted by atomic mass is 9.95. The Morgan fingerprint density at radius 2 is 1.86 bits per heavy atom.